The Labute approximate surface area is 154 Å². The fraction of sp³-hybridized carbons (Fsp3) is 0.364. The van der Waals surface area contributed by atoms with E-state index in [1.54, 1.807) is 0 Å². The second-order valence-corrected chi connectivity index (χ2v) is 6.55. The molecule has 1 rings (SSSR count). The van der Waals surface area contributed by atoms with Gasteiger partial charge in [-0.2, -0.15) is 52.3 Å². The van der Waals surface area contributed by atoms with Crippen molar-refractivity contribution < 1.29 is 75.0 Å². The number of benzene rings is 1. The van der Waals surface area contributed by atoms with Crippen LogP contribution in [0.2, 0.25) is 0 Å². The van der Waals surface area contributed by atoms with Crippen LogP contribution in [0.25, 0.3) is 0 Å². The molecule has 0 N–H and O–H groups in total. The Balaban J connectivity index is 4.07. The number of alkyl halides is 9. The maximum atomic E-state index is 13.4. The molecule has 0 atom stereocenters. The quantitative estimate of drug-likeness (QED) is 0.213. The Morgan fingerprint density at radius 1 is 0.633 bits per heavy atom. The molecule has 1 aromatic carbocycles. The van der Waals surface area contributed by atoms with Crippen molar-refractivity contribution >= 4 is 15.9 Å². The van der Waals surface area contributed by atoms with Crippen LogP contribution in [0.1, 0.15) is 0 Å². The summed E-state index contributed by atoms with van der Waals surface area (Å²) >= 11 is 0. The van der Waals surface area contributed by atoms with Gasteiger partial charge in [0.2, 0.25) is 5.82 Å². The van der Waals surface area contributed by atoms with Crippen LogP contribution in [-0.2, 0) is 10.0 Å². The topological polar surface area (TPSA) is 69.6 Å². The average Bonchev–Trinajstić information content (AvgIpc) is 2.46. The number of hydrogen-bond donors (Lipinski definition) is 0. The molecule has 0 aliphatic rings. The highest BCUT2D eigenvalue weighted by atomic mass is 32.2. The van der Waals surface area contributed by atoms with Crippen LogP contribution in [0.3, 0.4) is 0 Å². The summed E-state index contributed by atoms with van der Waals surface area (Å²) in [5, 5.41) is 11.2. The van der Waals surface area contributed by atoms with Gasteiger partial charge in [0.15, 0.2) is 28.2 Å². The van der Waals surface area contributed by atoms with Crippen molar-refractivity contribution in [2.45, 2.75) is 23.4 Å². The number of rotatable bonds is 3. The zero-order valence-electron chi connectivity index (χ0n) is 12.9. The molecule has 0 spiro atoms. The van der Waals surface area contributed by atoms with Crippen molar-refractivity contribution in [3.63, 3.8) is 0 Å². The molecule has 0 unspecified atom stereocenters. The van der Waals surface area contributed by atoms with Crippen LogP contribution in [0.15, 0.2) is 9.29 Å². The molecule has 0 aromatic heterocycles. The molecule has 30 heavy (non-hydrogen) atoms. The van der Waals surface area contributed by atoms with Gasteiger partial charge in [0, 0.05) is 5.90 Å². The zero-order valence-corrected chi connectivity index (χ0v) is 13.7. The number of nitrogens with zero attached hydrogens (tertiary/aromatic N) is 1. The summed E-state index contributed by atoms with van der Waals surface area (Å²) in [4.78, 5) is -3.26. The second kappa shape index (κ2) is 7.12. The molecule has 0 aliphatic heterocycles. The molecular formula is C11F14NO3S-. The van der Waals surface area contributed by atoms with Crippen LogP contribution < -0.4 is 5.11 Å². The molecule has 4 nitrogen and oxygen atoms in total. The van der Waals surface area contributed by atoms with E-state index in [0.29, 0.717) is 0 Å². The van der Waals surface area contributed by atoms with Gasteiger partial charge < -0.3 is 5.11 Å². The lowest BCUT2D eigenvalue weighted by Gasteiger charge is -2.41. The summed E-state index contributed by atoms with van der Waals surface area (Å²) in [5.41, 5.74) is -7.51. The highest BCUT2D eigenvalue weighted by Crippen LogP contribution is 2.59. The van der Waals surface area contributed by atoms with E-state index in [0.717, 1.165) is 4.40 Å². The summed E-state index contributed by atoms with van der Waals surface area (Å²) in [6.07, 6.45) is -23.0. The summed E-state index contributed by atoms with van der Waals surface area (Å²) in [5.74, 6) is -20.7. The van der Waals surface area contributed by atoms with Crippen LogP contribution in [0.5, 0.6) is 0 Å². The molecule has 1 aromatic rings. The van der Waals surface area contributed by atoms with Crippen LogP contribution in [-0.4, -0.2) is 32.8 Å². The lowest BCUT2D eigenvalue weighted by molar-refractivity contribution is -0.420. The van der Waals surface area contributed by atoms with Gasteiger partial charge in [0.25, 0.3) is 15.4 Å². The molecular weight excluding hydrogens is 492 g/mol. The first kappa shape index (κ1) is 25.7. The summed E-state index contributed by atoms with van der Waals surface area (Å²) in [6, 6.07) is 0. The predicted molar refractivity (Wildman–Crippen MR) is 61.5 cm³/mol. The fourth-order valence-corrected chi connectivity index (χ4v) is 2.96. The Kier molecular flexibility index (Phi) is 6.10. The lowest BCUT2D eigenvalue weighted by atomic mass is 9.85. The van der Waals surface area contributed by atoms with E-state index in [9.17, 15) is 75.0 Å². The summed E-state index contributed by atoms with van der Waals surface area (Å²) in [7, 11) is -7.07. The number of hydrogen-bond acceptors (Lipinski definition) is 3. The molecule has 0 aliphatic carbocycles. The van der Waals surface area contributed by atoms with Crippen LogP contribution in [0.4, 0.5) is 61.5 Å². The van der Waals surface area contributed by atoms with Crippen LogP contribution >= 0.6 is 0 Å². The minimum Gasteiger partial charge on any atom is -0.860 e. The Hall–Kier alpha value is -2.34. The monoisotopic (exact) mass is 492 g/mol. The Bertz CT molecular complexity index is 923. The SMILES string of the molecule is O=S(=O)(N=C([O-])C(C(F)(F)F)(C(F)(F)F)C(F)(F)F)c1c(F)c(F)c(F)c(F)c1F. The van der Waals surface area contributed by atoms with Crippen molar-refractivity contribution in [3.05, 3.63) is 29.1 Å². The summed E-state index contributed by atoms with van der Waals surface area (Å²) in [6.45, 7) is 0. The molecule has 0 saturated carbocycles. The highest BCUT2D eigenvalue weighted by Gasteiger charge is 2.84. The maximum absolute atomic E-state index is 13.4. The first-order valence-electron chi connectivity index (χ1n) is 6.29. The van der Waals surface area contributed by atoms with Gasteiger partial charge in [-0.15, -0.1) is 0 Å². The normalized spacial score (nSPS) is 14.9. The third-order valence-electron chi connectivity index (χ3n) is 3.23. The van der Waals surface area contributed by atoms with Crippen molar-refractivity contribution in [3.8, 4) is 0 Å². The van der Waals surface area contributed by atoms with E-state index in [4.69, 9.17) is 0 Å². The Morgan fingerprint density at radius 2 is 0.900 bits per heavy atom. The molecule has 0 bridgehead atoms. The van der Waals surface area contributed by atoms with Crippen molar-refractivity contribution in [2.24, 2.45) is 9.81 Å². The highest BCUT2D eigenvalue weighted by molar-refractivity contribution is 7.90. The van der Waals surface area contributed by atoms with Gasteiger partial charge in [-0.1, -0.05) is 0 Å². The molecule has 0 radical (unpaired) electrons. The molecule has 19 heteroatoms. The maximum Gasteiger partial charge on any atom is 0.416 e. The van der Waals surface area contributed by atoms with E-state index in [1.807, 2.05) is 0 Å². The van der Waals surface area contributed by atoms with Crippen LogP contribution in [0, 0.1) is 34.5 Å². The van der Waals surface area contributed by atoms with Crippen molar-refractivity contribution in [2.75, 3.05) is 0 Å². The second-order valence-electron chi connectivity index (χ2n) is 5.01. The van der Waals surface area contributed by atoms with Gasteiger partial charge in [0.05, 0.1) is 0 Å². The molecule has 0 heterocycles. The van der Waals surface area contributed by atoms with E-state index in [-0.39, 0.29) is 0 Å². The smallest absolute Gasteiger partial charge is 0.416 e. The predicted octanol–water partition coefficient (Wildman–Crippen LogP) is 3.50. The average molecular weight is 492 g/mol. The van der Waals surface area contributed by atoms with Crippen molar-refractivity contribution in [1.29, 1.82) is 0 Å². The fourth-order valence-electron chi connectivity index (χ4n) is 1.88. The van der Waals surface area contributed by atoms with E-state index in [1.165, 1.54) is 0 Å². The first-order valence-corrected chi connectivity index (χ1v) is 7.73. The minimum atomic E-state index is -7.66. The number of halogens is 14. The zero-order chi connectivity index (χ0) is 24.2. The van der Waals surface area contributed by atoms with Gasteiger partial charge in [-0.25, -0.2) is 22.0 Å². The molecule has 172 valence electrons. The molecule has 0 saturated heterocycles. The standard InChI is InChI=1S/C11HF14NO3S/c12-1-2(13)4(15)6(5(16)3(1)14)30(28,29)26-7(27)8(9(17,18)19,10(20,21)22)11(23,24)25/h(H,26,27)/p-1. The lowest BCUT2D eigenvalue weighted by Crippen LogP contribution is -2.67. The van der Waals surface area contributed by atoms with E-state index >= 15 is 0 Å². The molecule has 0 fully saturated rings. The van der Waals surface area contributed by atoms with Gasteiger partial charge in [-0.3, -0.25) is 0 Å². The largest absolute Gasteiger partial charge is 0.860 e. The summed E-state index contributed by atoms with van der Waals surface area (Å²) < 4.78 is 204. The molecule has 0 amide bonds. The first-order chi connectivity index (χ1) is 13.1. The third kappa shape index (κ3) is 3.62. The van der Waals surface area contributed by atoms with Gasteiger partial charge in [0.1, 0.15) is 0 Å². The number of sulfonamides is 1. The van der Waals surface area contributed by atoms with E-state index in [2.05, 4.69) is 0 Å². The van der Waals surface area contributed by atoms with Gasteiger partial charge >= 0.3 is 18.5 Å². The minimum absolute atomic E-state index is 0.922. The van der Waals surface area contributed by atoms with Crippen molar-refractivity contribution in [1.82, 2.24) is 0 Å². The van der Waals surface area contributed by atoms with E-state index < -0.39 is 73.8 Å². The third-order valence-corrected chi connectivity index (χ3v) is 4.51. The van der Waals surface area contributed by atoms with Gasteiger partial charge in [-0.05, 0) is 0 Å². The Morgan fingerprint density at radius 3 is 1.17 bits per heavy atom.